The average molecular weight is 398 g/mol. The third kappa shape index (κ3) is 6.69. The number of esters is 1. The van der Waals surface area contributed by atoms with Gasteiger partial charge in [-0.05, 0) is 58.3 Å². The molecule has 0 radical (unpaired) electrons. The average Bonchev–Trinajstić information content (AvgIpc) is 2.71. The van der Waals surface area contributed by atoms with Gasteiger partial charge in [-0.1, -0.05) is 18.2 Å². The number of para-hydroxylation sites is 1. The first kappa shape index (κ1) is 22.0. The Hall–Kier alpha value is -3.26. The highest BCUT2D eigenvalue weighted by Crippen LogP contribution is 2.17. The van der Waals surface area contributed by atoms with Gasteiger partial charge in [0.1, 0.15) is 11.4 Å². The van der Waals surface area contributed by atoms with Crippen LogP contribution in [0.2, 0.25) is 0 Å². The van der Waals surface area contributed by atoms with Gasteiger partial charge in [0.25, 0.3) is 11.8 Å². The number of carbonyl (C=O) groups excluding carboxylic acids is 3. The van der Waals surface area contributed by atoms with E-state index in [1.165, 1.54) is 6.07 Å². The lowest BCUT2D eigenvalue weighted by atomic mass is 10.1. The summed E-state index contributed by atoms with van der Waals surface area (Å²) in [7, 11) is 3.93. The highest BCUT2D eigenvalue weighted by Gasteiger charge is 2.17. The number of rotatable bonds is 9. The van der Waals surface area contributed by atoms with Crippen molar-refractivity contribution in [2.24, 2.45) is 0 Å². The van der Waals surface area contributed by atoms with Crippen LogP contribution in [0.15, 0.2) is 42.5 Å². The zero-order valence-corrected chi connectivity index (χ0v) is 16.9. The van der Waals surface area contributed by atoms with Crippen LogP contribution in [-0.2, 0) is 4.74 Å². The minimum Gasteiger partial charge on any atom is -0.462 e. The van der Waals surface area contributed by atoms with Gasteiger partial charge in [0.15, 0.2) is 0 Å². The first-order valence-electron chi connectivity index (χ1n) is 9.40. The van der Waals surface area contributed by atoms with E-state index in [1.54, 1.807) is 43.3 Å². The van der Waals surface area contributed by atoms with Crippen LogP contribution < -0.4 is 10.6 Å². The van der Waals surface area contributed by atoms with Crippen molar-refractivity contribution in [3.8, 4) is 0 Å². The van der Waals surface area contributed by atoms with Gasteiger partial charge in [-0.3, -0.25) is 9.59 Å². The summed E-state index contributed by atoms with van der Waals surface area (Å²) in [5.41, 5.74) is 0.791. The normalized spacial score (nSPS) is 10.5. The topological polar surface area (TPSA) is 101 Å². The number of anilines is 1. The first-order valence-corrected chi connectivity index (χ1v) is 9.40. The van der Waals surface area contributed by atoms with E-state index >= 15 is 0 Å². The number of pyridine rings is 1. The third-order valence-electron chi connectivity index (χ3n) is 3.95. The summed E-state index contributed by atoms with van der Waals surface area (Å²) in [4.78, 5) is 43.1. The third-order valence-corrected chi connectivity index (χ3v) is 3.95. The zero-order valence-electron chi connectivity index (χ0n) is 16.9. The van der Waals surface area contributed by atoms with Crippen molar-refractivity contribution < 1.29 is 19.1 Å². The van der Waals surface area contributed by atoms with Crippen molar-refractivity contribution in [2.75, 3.05) is 39.1 Å². The Morgan fingerprint density at radius 1 is 1.00 bits per heavy atom. The number of hydrogen-bond donors (Lipinski definition) is 2. The van der Waals surface area contributed by atoms with Crippen LogP contribution in [0.1, 0.15) is 44.7 Å². The van der Waals surface area contributed by atoms with Gasteiger partial charge in [0, 0.05) is 6.54 Å². The molecule has 2 rings (SSSR count). The number of carbonyl (C=O) groups is 3. The van der Waals surface area contributed by atoms with Gasteiger partial charge in [-0.2, -0.15) is 0 Å². The molecule has 2 aromatic rings. The van der Waals surface area contributed by atoms with Crippen LogP contribution in [0, 0.1) is 0 Å². The molecule has 8 nitrogen and oxygen atoms in total. The van der Waals surface area contributed by atoms with Crippen molar-refractivity contribution >= 4 is 23.5 Å². The van der Waals surface area contributed by atoms with Gasteiger partial charge >= 0.3 is 5.97 Å². The first-order chi connectivity index (χ1) is 13.9. The zero-order chi connectivity index (χ0) is 21.2. The maximum atomic E-state index is 12.6. The molecule has 0 saturated heterocycles. The van der Waals surface area contributed by atoms with E-state index in [4.69, 9.17) is 4.74 Å². The molecule has 2 amide bonds. The summed E-state index contributed by atoms with van der Waals surface area (Å²) in [5, 5.41) is 5.44. The largest absolute Gasteiger partial charge is 0.462 e. The summed E-state index contributed by atoms with van der Waals surface area (Å²) in [6, 6.07) is 11.2. The number of nitrogens with zero attached hydrogens (tertiary/aromatic N) is 2. The van der Waals surface area contributed by atoms with Gasteiger partial charge < -0.3 is 20.3 Å². The molecule has 8 heteroatoms. The molecule has 0 fully saturated rings. The second-order valence-electron chi connectivity index (χ2n) is 6.54. The van der Waals surface area contributed by atoms with Gasteiger partial charge in [-0.25, -0.2) is 9.78 Å². The molecule has 1 aromatic heterocycles. The lowest BCUT2D eigenvalue weighted by Gasteiger charge is -2.11. The smallest absolute Gasteiger partial charge is 0.340 e. The van der Waals surface area contributed by atoms with E-state index in [-0.39, 0.29) is 29.5 Å². The summed E-state index contributed by atoms with van der Waals surface area (Å²) >= 11 is 0. The number of hydrogen-bond acceptors (Lipinski definition) is 6. The molecule has 0 unspecified atom stereocenters. The molecular weight excluding hydrogens is 372 g/mol. The van der Waals surface area contributed by atoms with Gasteiger partial charge in [0.2, 0.25) is 0 Å². The SMILES string of the molecule is CCOC(=O)c1ccccc1NC(=O)c1cccc(C(=O)NCCCN(C)C)n1. The summed E-state index contributed by atoms with van der Waals surface area (Å²) < 4.78 is 5.01. The van der Waals surface area contributed by atoms with E-state index in [1.807, 2.05) is 19.0 Å². The lowest BCUT2D eigenvalue weighted by Crippen LogP contribution is -2.28. The Labute approximate surface area is 170 Å². The van der Waals surface area contributed by atoms with Crippen molar-refractivity contribution in [1.82, 2.24) is 15.2 Å². The molecular formula is C21H26N4O4. The van der Waals surface area contributed by atoms with Crippen LogP contribution in [-0.4, -0.2) is 61.5 Å². The van der Waals surface area contributed by atoms with Crippen LogP contribution in [0.4, 0.5) is 5.69 Å². The molecule has 0 aliphatic carbocycles. The fourth-order valence-corrected chi connectivity index (χ4v) is 2.54. The lowest BCUT2D eigenvalue weighted by molar-refractivity contribution is 0.0527. The number of benzene rings is 1. The van der Waals surface area contributed by atoms with E-state index in [0.29, 0.717) is 12.2 Å². The molecule has 0 aliphatic rings. The van der Waals surface area contributed by atoms with Crippen molar-refractivity contribution in [3.05, 3.63) is 59.4 Å². The number of aromatic nitrogens is 1. The second-order valence-corrected chi connectivity index (χ2v) is 6.54. The number of amides is 2. The number of ether oxygens (including phenoxy) is 1. The number of nitrogens with one attached hydrogen (secondary N) is 2. The van der Waals surface area contributed by atoms with E-state index in [9.17, 15) is 14.4 Å². The Kier molecular flexibility index (Phi) is 8.29. The van der Waals surface area contributed by atoms with Crippen molar-refractivity contribution in [1.29, 1.82) is 0 Å². The molecule has 29 heavy (non-hydrogen) atoms. The minimum atomic E-state index is -0.526. The summed E-state index contributed by atoms with van der Waals surface area (Å²) in [6.45, 7) is 3.31. The van der Waals surface area contributed by atoms with Crippen LogP contribution in [0.3, 0.4) is 0 Å². The molecule has 0 saturated carbocycles. The quantitative estimate of drug-likeness (QED) is 0.496. The molecule has 0 atom stereocenters. The maximum Gasteiger partial charge on any atom is 0.340 e. The van der Waals surface area contributed by atoms with Gasteiger partial charge in [-0.15, -0.1) is 0 Å². The van der Waals surface area contributed by atoms with E-state index < -0.39 is 11.9 Å². The standard InChI is InChI=1S/C21H26N4O4/c1-4-29-21(28)15-9-5-6-10-16(15)24-20(27)18-12-7-11-17(23-18)19(26)22-13-8-14-25(2)3/h5-7,9-12H,4,8,13-14H2,1-3H3,(H,22,26)(H,24,27). The fourth-order valence-electron chi connectivity index (χ4n) is 2.54. The Morgan fingerprint density at radius 3 is 2.38 bits per heavy atom. The molecule has 0 spiro atoms. The predicted octanol–water partition coefficient (Wildman–Crippen LogP) is 2.19. The summed E-state index contributed by atoms with van der Waals surface area (Å²) in [5.74, 6) is -1.39. The molecule has 0 bridgehead atoms. The second kappa shape index (κ2) is 10.9. The van der Waals surface area contributed by atoms with Crippen molar-refractivity contribution in [3.63, 3.8) is 0 Å². The highest BCUT2D eigenvalue weighted by molar-refractivity contribution is 6.07. The molecule has 2 N–H and O–H groups in total. The summed E-state index contributed by atoms with van der Waals surface area (Å²) in [6.07, 6.45) is 0.809. The maximum absolute atomic E-state index is 12.6. The van der Waals surface area contributed by atoms with Crippen LogP contribution >= 0.6 is 0 Å². The highest BCUT2D eigenvalue weighted by atomic mass is 16.5. The Morgan fingerprint density at radius 2 is 1.69 bits per heavy atom. The molecule has 1 heterocycles. The molecule has 1 aromatic carbocycles. The fraction of sp³-hybridized carbons (Fsp3) is 0.333. The molecule has 0 aliphatic heterocycles. The minimum absolute atomic E-state index is 0.0737. The van der Waals surface area contributed by atoms with Crippen molar-refractivity contribution in [2.45, 2.75) is 13.3 Å². The Balaban J connectivity index is 2.06. The monoisotopic (exact) mass is 398 g/mol. The van der Waals surface area contributed by atoms with E-state index in [0.717, 1.165) is 13.0 Å². The predicted molar refractivity (Wildman–Crippen MR) is 110 cm³/mol. The van der Waals surface area contributed by atoms with E-state index in [2.05, 4.69) is 15.6 Å². The van der Waals surface area contributed by atoms with Gasteiger partial charge in [0.05, 0.1) is 17.9 Å². The Bertz CT molecular complexity index is 867. The van der Waals surface area contributed by atoms with Crippen LogP contribution in [0.5, 0.6) is 0 Å². The van der Waals surface area contributed by atoms with Crippen LogP contribution in [0.25, 0.3) is 0 Å². The molecule has 154 valence electrons.